The molecule has 2 heterocycles. The number of ether oxygens (including phenoxy) is 2. The van der Waals surface area contributed by atoms with Crippen LogP contribution in [0.2, 0.25) is 0 Å². The van der Waals surface area contributed by atoms with Crippen LogP contribution in [0, 0.1) is 13.8 Å². The van der Waals surface area contributed by atoms with Crippen molar-refractivity contribution in [3.8, 4) is 0 Å². The molecule has 3 amide bonds. The molecule has 0 atom stereocenters. The van der Waals surface area contributed by atoms with Crippen LogP contribution in [0.25, 0.3) is 5.52 Å². The van der Waals surface area contributed by atoms with E-state index in [9.17, 15) is 24.0 Å². The number of benzene rings is 1. The van der Waals surface area contributed by atoms with Crippen molar-refractivity contribution in [2.24, 2.45) is 0 Å². The number of rotatable bonds is 11. The zero-order chi connectivity index (χ0) is 29.4. The number of carbonyl (C=O) groups is 5. The van der Waals surface area contributed by atoms with Crippen LogP contribution < -0.4 is 15.5 Å². The smallest absolute Gasteiger partial charge is 0.423 e. The molecule has 0 spiro atoms. The first-order valence-electron chi connectivity index (χ1n) is 12.4. The van der Waals surface area contributed by atoms with E-state index in [1.807, 2.05) is 0 Å². The van der Waals surface area contributed by atoms with Crippen LogP contribution >= 0.6 is 0 Å². The maximum atomic E-state index is 13.5. The van der Waals surface area contributed by atoms with Gasteiger partial charge in [0.05, 0.1) is 24.1 Å². The molecular formula is C26H30N6O8. The number of hydrogen-bond acceptors (Lipinski definition) is 9. The molecule has 3 rings (SSSR count). The minimum atomic E-state index is -1.18. The molecule has 0 unspecified atom stereocenters. The van der Waals surface area contributed by atoms with Crippen molar-refractivity contribution in [1.82, 2.24) is 25.2 Å². The van der Waals surface area contributed by atoms with Crippen LogP contribution in [-0.4, -0.2) is 69.4 Å². The highest BCUT2D eigenvalue weighted by atomic mass is 16.7. The third-order valence-corrected chi connectivity index (χ3v) is 5.78. The number of nitrogens with one attached hydrogen (secondary N) is 2. The number of anilines is 2. The average molecular weight is 555 g/mol. The average Bonchev–Trinajstić information content (AvgIpc) is 3.26. The van der Waals surface area contributed by atoms with Crippen LogP contribution in [0.15, 0.2) is 30.7 Å². The van der Waals surface area contributed by atoms with Gasteiger partial charge in [-0.15, -0.1) is 0 Å². The molecule has 2 aromatic heterocycles. The highest BCUT2D eigenvalue weighted by Crippen LogP contribution is 2.34. The maximum absolute atomic E-state index is 13.5. The van der Waals surface area contributed by atoms with Crippen molar-refractivity contribution in [2.45, 2.75) is 40.5 Å². The second kappa shape index (κ2) is 13.2. The quantitative estimate of drug-likeness (QED) is 0.235. The van der Waals surface area contributed by atoms with E-state index in [0.717, 1.165) is 4.90 Å². The lowest BCUT2D eigenvalue weighted by molar-refractivity contribution is -0.154. The van der Waals surface area contributed by atoms with E-state index in [2.05, 4.69) is 20.7 Å². The fourth-order valence-electron chi connectivity index (χ4n) is 3.83. The summed E-state index contributed by atoms with van der Waals surface area (Å²) in [6.45, 7) is 6.94. The largest absolute Gasteiger partial charge is 0.481 e. The zero-order valence-corrected chi connectivity index (χ0v) is 22.5. The lowest BCUT2D eigenvalue weighted by Gasteiger charge is -2.24. The third-order valence-electron chi connectivity index (χ3n) is 5.78. The van der Waals surface area contributed by atoms with Crippen LogP contribution in [0.3, 0.4) is 0 Å². The normalized spacial score (nSPS) is 10.6. The fraction of sp³-hybridized carbons (Fsp3) is 0.346. The monoisotopic (exact) mass is 554 g/mol. The van der Waals surface area contributed by atoms with E-state index < -0.39 is 37.7 Å². The van der Waals surface area contributed by atoms with Crippen molar-refractivity contribution in [1.29, 1.82) is 0 Å². The molecule has 0 aliphatic rings. The molecular weight excluding hydrogens is 524 g/mol. The fourth-order valence-corrected chi connectivity index (χ4v) is 3.83. The molecule has 14 heteroatoms. The second-order valence-corrected chi connectivity index (χ2v) is 8.54. The van der Waals surface area contributed by atoms with E-state index in [-0.39, 0.29) is 28.9 Å². The summed E-state index contributed by atoms with van der Waals surface area (Å²) in [4.78, 5) is 66.7. The van der Waals surface area contributed by atoms with Crippen molar-refractivity contribution in [3.05, 3.63) is 53.0 Å². The predicted molar refractivity (Wildman–Crippen MR) is 141 cm³/mol. The standard InChI is InChI=1S/C26H30N6O8/c1-5-27-24(36)17-8-7-15(3)19(11-17)32(26(38)40-14-39-21(35)10-9-20(33)34)23-22-16(4)18(25(37)28-6-2)12-31(22)30-13-29-23/h7-8,11-13H,5-6,9-10,14H2,1-4H3,(H,27,36)(H,28,37)(H,33,34). The van der Waals surface area contributed by atoms with Gasteiger partial charge < -0.3 is 25.2 Å². The van der Waals surface area contributed by atoms with E-state index in [1.54, 1.807) is 39.8 Å². The summed E-state index contributed by atoms with van der Waals surface area (Å²) >= 11 is 0. The van der Waals surface area contributed by atoms with E-state index in [0.29, 0.717) is 35.3 Å². The van der Waals surface area contributed by atoms with E-state index in [1.165, 1.54) is 23.1 Å². The first kappa shape index (κ1) is 29.5. The Kier molecular flexibility index (Phi) is 9.73. The molecule has 1 aromatic carbocycles. The van der Waals surface area contributed by atoms with Gasteiger partial charge in [0.15, 0.2) is 5.82 Å². The Morgan fingerprint density at radius 3 is 2.38 bits per heavy atom. The van der Waals surface area contributed by atoms with Gasteiger partial charge in [0.25, 0.3) is 11.8 Å². The topological polar surface area (TPSA) is 182 Å². The number of hydrogen-bond donors (Lipinski definition) is 3. The minimum absolute atomic E-state index is 0.0430. The van der Waals surface area contributed by atoms with Gasteiger partial charge in [-0.1, -0.05) is 6.07 Å². The van der Waals surface area contributed by atoms with Gasteiger partial charge in [0.1, 0.15) is 11.8 Å². The summed E-state index contributed by atoms with van der Waals surface area (Å²) < 4.78 is 11.5. The zero-order valence-electron chi connectivity index (χ0n) is 22.5. The SMILES string of the molecule is CCNC(=O)c1ccc(C)c(N(C(=O)OCOC(=O)CCC(=O)O)c2ncnn3cc(C(=O)NCC)c(C)c23)c1. The number of aliphatic carboxylic acids is 1. The number of fused-ring (bicyclic) bond motifs is 1. The Bertz CT molecular complexity index is 1450. The molecule has 3 aromatic rings. The number of aromatic nitrogens is 3. The van der Waals surface area contributed by atoms with Crippen LogP contribution in [0.1, 0.15) is 58.5 Å². The number of carboxylic acids is 1. The Labute approximate surface area is 229 Å². The van der Waals surface area contributed by atoms with Gasteiger partial charge in [-0.3, -0.25) is 19.2 Å². The predicted octanol–water partition coefficient (Wildman–Crippen LogP) is 2.49. The molecule has 0 saturated heterocycles. The Hall–Kier alpha value is -5.01. The number of carbonyl (C=O) groups excluding carboxylic acids is 4. The molecule has 0 saturated carbocycles. The molecule has 212 valence electrons. The van der Waals surface area contributed by atoms with Crippen molar-refractivity contribution < 1.29 is 38.6 Å². The van der Waals surface area contributed by atoms with Gasteiger partial charge in [-0.25, -0.2) is 19.2 Å². The van der Waals surface area contributed by atoms with Crippen LogP contribution in [0.4, 0.5) is 16.3 Å². The van der Waals surface area contributed by atoms with Crippen LogP contribution in [-0.2, 0) is 19.1 Å². The Balaban J connectivity index is 2.09. The van der Waals surface area contributed by atoms with Gasteiger partial charge in [0.2, 0.25) is 6.79 Å². The maximum Gasteiger partial charge on any atom is 0.423 e. The number of esters is 1. The van der Waals surface area contributed by atoms with Crippen LogP contribution in [0.5, 0.6) is 0 Å². The molecule has 0 bridgehead atoms. The van der Waals surface area contributed by atoms with Gasteiger partial charge in [-0.05, 0) is 51.0 Å². The summed E-state index contributed by atoms with van der Waals surface area (Å²) in [5.41, 5.74) is 2.21. The van der Waals surface area contributed by atoms with E-state index >= 15 is 0 Å². The first-order chi connectivity index (χ1) is 19.1. The Morgan fingerprint density at radius 2 is 1.70 bits per heavy atom. The highest BCUT2D eigenvalue weighted by Gasteiger charge is 2.29. The van der Waals surface area contributed by atoms with Gasteiger partial charge in [0, 0.05) is 24.8 Å². The molecule has 0 radical (unpaired) electrons. The van der Waals surface area contributed by atoms with Crippen molar-refractivity contribution in [3.63, 3.8) is 0 Å². The Morgan fingerprint density at radius 1 is 1.00 bits per heavy atom. The molecule has 14 nitrogen and oxygen atoms in total. The summed E-state index contributed by atoms with van der Waals surface area (Å²) in [6.07, 6.45) is 0.849. The molecule has 3 N–H and O–H groups in total. The summed E-state index contributed by atoms with van der Waals surface area (Å²) in [7, 11) is 0. The first-order valence-corrected chi connectivity index (χ1v) is 12.4. The molecule has 0 aliphatic heterocycles. The molecule has 0 fully saturated rings. The third kappa shape index (κ3) is 6.70. The van der Waals surface area contributed by atoms with Gasteiger partial charge >= 0.3 is 18.0 Å². The van der Waals surface area contributed by atoms with Crippen molar-refractivity contribution in [2.75, 3.05) is 24.8 Å². The summed E-state index contributed by atoms with van der Waals surface area (Å²) in [5.74, 6) is -2.70. The lowest BCUT2D eigenvalue weighted by Crippen LogP contribution is -2.31. The highest BCUT2D eigenvalue weighted by molar-refractivity contribution is 6.04. The van der Waals surface area contributed by atoms with Crippen molar-refractivity contribution >= 4 is 46.9 Å². The number of nitrogens with zero attached hydrogens (tertiary/aromatic N) is 4. The lowest BCUT2D eigenvalue weighted by atomic mass is 10.1. The summed E-state index contributed by atoms with van der Waals surface area (Å²) in [5, 5.41) is 18.3. The number of amides is 3. The van der Waals surface area contributed by atoms with Gasteiger partial charge in [-0.2, -0.15) is 5.10 Å². The second-order valence-electron chi connectivity index (χ2n) is 8.54. The van der Waals surface area contributed by atoms with E-state index in [4.69, 9.17) is 14.6 Å². The molecule has 0 aliphatic carbocycles. The number of aryl methyl sites for hydroxylation is 2. The summed E-state index contributed by atoms with van der Waals surface area (Å²) in [6, 6.07) is 4.74. The number of carboxylic acid groups (broad SMARTS) is 1. The minimum Gasteiger partial charge on any atom is -0.481 e. The molecule has 40 heavy (non-hydrogen) atoms.